The van der Waals surface area contributed by atoms with Crippen LogP contribution in [0.25, 0.3) is 11.0 Å². The highest BCUT2D eigenvalue weighted by molar-refractivity contribution is 7.00. The Bertz CT molecular complexity index is 681. The molecule has 2 aliphatic rings. The van der Waals surface area contributed by atoms with Crippen LogP contribution in [0.1, 0.15) is 19.8 Å². The van der Waals surface area contributed by atoms with Gasteiger partial charge in [0, 0.05) is 6.04 Å². The first-order valence-corrected chi connectivity index (χ1v) is 8.19. The number of halogens is 1. The zero-order valence-electron chi connectivity index (χ0n) is 11.2. The fraction of sp³-hybridized carbons (Fsp3) is 0.467. The highest BCUT2D eigenvalue weighted by atomic mass is 35.5. The predicted octanol–water partition coefficient (Wildman–Crippen LogP) is 4.36. The van der Waals surface area contributed by atoms with Gasteiger partial charge in [-0.15, -0.1) is 0 Å². The third-order valence-corrected chi connectivity index (χ3v) is 5.58. The summed E-state index contributed by atoms with van der Waals surface area (Å²) in [5.41, 5.74) is 2.76. The highest BCUT2D eigenvalue weighted by Gasteiger charge is 2.38. The minimum absolute atomic E-state index is 0.403. The van der Waals surface area contributed by atoms with Gasteiger partial charge in [-0.25, -0.2) is 0 Å². The van der Waals surface area contributed by atoms with Gasteiger partial charge in [-0.1, -0.05) is 23.8 Å². The largest absolute Gasteiger partial charge is 0.379 e. The van der Waals surface area contributed by atoms with Crippen molar-refractivity contribution < 1.29 is 0 Å². The van der Waals surface area contributed by atoms with Gasteiger partial charge in [0.1, 0.15) is 11.0 Å². The molecule has 1 fully saturated rings. The molecule has 4 rings (SSSR count). The molecule has 4 atom stereocenters. The number of hydrogen-bond donors (Lipinski definition) is 1. The molecule has 0 radical (unpaired) electrons. The van der Waals surface area contributed by atoms with Gasteiger partial charge in [0.05, 0.1) is 22.4 Å². The third-order valence-electron chi connectivity index (χ3n) is 4.72. The zero-order valence-corrected chi connectivity index (χ0v) is 12.8. The normalized spacial score (nSPS) is 29.2. The van der Waals surface area contributed by atoms with Crippen molar-refractivity contribution in [1.82, 2.24) is 8.75 Å². The molecule has 2 aliphatic carbocycles. The monoisotopic (exact) mass is 305 g/mol. The molecule has 2 bridgehead atoms. The second kappa shape index (κ2) is 4.71. The molecule has 20 heavy (non-hydrogen) atoms. The first-order valence-electron chi connectivity index (χ1n) is 7.08. The molecule has 0 aliphatic heterocycles. The van der Waals surface area contributed by atoms with Gasteiger partial charge in [0.2, 0.25) is 0 Å². The lowest BCUT2D eigenvalue weighted by Gasteiger charge is -2.27. The molecule has 1 aromatic heterocycles. The van der Waals surface area contributed by atoms with Crippen LogP contribution in [0.2, 0.25) is 5.02 Å². The maximum atomic E-state index is 6.35. The summed E-state index contributed by atoms with van der Waals surface area (Å²) in [6.45, 7) is 2.26. The summed E-state index contributed by atoms with van der Waals surface area (Å²) in [5.74, 6) is 2.22. The molecule has 1 aromatic carbocycles. The number of hydrogen-bond acceptors (Lipinski definition) is 4. The average Bonchev–Trinajstić information content (AvgIpc) is 3.15. The average molecular weight is 306 g/mol. The third kappa shape index (κ3) is 1.93. The Balaban J connectivity index is 1.62. The van der Waals surface area contributed by atoms with Gasteiger partial charge in [-0.05, 0) is 49.7 Å². The van der Waals surface area contributed by atoms with Crippen molar-refractivity contribution in [2.75, 3.05) is 5.32 Å². The van der Waals surface area contributed by atoms with Gasteiger partial charge in [-0.3, -0.25) is 0 Å². The van der Waals surface area contributed by atoms with E-state index in [0.717, 1.165) is 33.6 Å². The molecule has 2 aromatic rings. The van der Waals surface area contributed by atoms with Crippen LogP contribution in [0.3, 0.4) is 0 Å². The molecule has 0 amide bonds. The molecule has 0 spiro atoms. The Hall–Kier alpha value is -1.13. The van der Waals surface area contributed by atoms with Crippen LogP contribution in [0.4, 0.5) is 5.69 Å². The number of rotatable bonds is 3. The van der Waals surface area contributed by atoms with Gasteiger partial charge in [0.25, 0.3) is 0 Å². The van der Waals surface area contributed by atoms with Crippen molar-refractivity contribution in [3.8, 4) is 0 Å². The Morgan fingerprint density at radius 2 is 2.20 bits per heavy atom. The van der Waals surface area contributed by atoms with Crippen LogP contribution in [0.5, 0.6) is 0 Å². The number of anilines is 1. The van der Waals surface area contributed by atoms with E-state index < -0.39 is 0 Å². The van der Waals surface area contributed by atoms with E-state index in [1.54, 1.807) is 0 Å². The maximum Gasteiger partial charge on any atom is 0.129 e. The topological polar surface area (TPSA) is 37.8 Å². The first-order chi connectivity index (χ1) is 9.72. The molecule has 3 nitrogen and oxygen atoms in total. The quantitative estimate of drug-likeness (QED) is 0.856. The molecule has 1 N–H and O–H groups in total. The van der Waals surface area contributed by atoms with E-state index in [1.165, 1.54) is 24.6 Å². The van der Waals surface area contributed by atoms with E-state index in [9.17, 15) is 0 Å². The summed E-state index contributed by atoms with van der Waals surface area (Å²) in [6.07, 6.45) is 7.39. The maximum absolute atomic E-state index is 6.35. The zero-order chi connectivity index (χ0) is 13.7. The summed E-state index contributed by atoms with van der Waals surface area (Å²) in [4.78, 5) is 0. The predicted molar refractivity (Wildman–Crippen MR) is 84.4 cm³/mol. The van der Waals surface area contributed by atoms with Gasteiger partial charge in [0.15, 0.2) is 0 Å². The summed E-state index contributed by atoms with van der Waals surface area (Å²) in [6, 6.07) is 4.23. The van der Waals surface area contributed by atoms with Gasteiger partial charge >= 0.3 is 0 Å². The Labute approximate surface area is 127 Å². The van der Waals surface area contributed by atoms with Crippen molar-refractivity contribution in [3.05, 3.63) is 29.3 Å². The van der Waals surface area contributed by atoms with E-state index in [4.69, 9.17) is 11.6 Å². The minimum Gasteiger partial charge on any atom is -0.379 e. The van der Waals surface area contributed by atoms with E-state index in [-0.39, 0.29) is 0 Å². The Morgan fingerprint density at radius 3 is 2.95 bits per heavy atom. The van der Waals surface area contributed by atoms with Crippen molar-refractivity contribution >= 4 is 40.0 Å². The van der Waals surface area contributed by atoms with Crippen molar-refractivity contribution in [3.63, 3.8) is 0 Å². The lowest BCUT2D eigenvalue weighted by Crippen LogP contribution is -2.29. The van der Waals surface area contributed by atoms with Gasteiger partial charge in [-0.2, -0.15) is 8.75 Å². The van der Waals surface area contributed by atoms with Crippen LogP contribution in [0.15, 0.2) is 24.3 Å². The molecule has 1 heterocycles. The molecular formula is C15H16ClN3S. The van der Waals surface area contributed by atoms with E-state index in [1.807, 2.05) is 12.1 Å². The molecule has 5 heteroatoms. The number of allylic oxidation sites excluding steroid dienone is 2. The number of fused-ring (bicyclic) bond motifs is 3. The number of nitrogens with zero attached hydrogens (tertiary/aromatic N) is 2. The molecule has 4 unspecified atom stereocenters. The number of aromatic nitrogens is 2. The summed E-state index contributed by atoms with van der Waals surface area (Å²) >= 11 is 7.59. The number of benzene rings is 1. The van der Waals surface area contributed by atoms with Crippen molar-refractivity contribution in [1.29, 1.82) is 0 Å². The van der Waals surface area contributed by atoms with Crippen molar-refractivity contribution in [2.45, 2.75) is 25.8 Å². The van der Waals surface area contributed by atoms with Gasteiger partial charge < -0.3 is 5.32 Å². The van der Waals surface area contributed by atoms with E-state index in [2.05, 4.69) is 33.1 Å². The first kappa shape index (κ1) is 12.6. The Morgan fingerprint density at radius 1 is 1.30 bits per heavy atom. The molecule has 1 saturated carbocycles. The van der Waals surface area contributed by atoms with Crippen LogP contribution < -0.4 is 5.32 Å². The van der Waals surface area contributed by atoms with Crippen LogP contribution >= 0.6 is 23.3 Å². The second-order valence-electron chi connectivity index (χ2n) is 5.93. The van der Waals surface area contributed by atoms with Crippen LogP contribution in [0, 0.1) is 17.8 Å². The summed E-state index contributed by atoms with van der Waals surface area (Å²) < 4.78 is 8.66. The van der Waals surface area contributed by atoms with Crippen molar-refractivity contribution in [2.24, 2.45) is 17.8 Å². The molecule has 0 saturated heterocycles. The highest BCUT2D eigenvalue weighted by Crippen LogP contribution is 2.45. The summed E-state index contributed by atoms with van der Waals surface area (Å²) in [5, 5.41) is 4.34. The minimum atomic E-state index is 0.403. The van der Waals surface area contributed by atoms with Crippen LogP contribution in [-0.2, 0) is 0 Å². The SMILES string of the molecule is CC(Nc1c(Cl)ccc2nsnc12)C1CC2C=CC1C2. The van der Waals surface area contributed by atoms with Crippen LogP contribution in [-0.4, -0.2) is 14.8 Å². The van der Waals surface area contributed by atoms with E-state index in [0.29, 0.717) is 12.0 Å². The standard InChI is InChI=1S/C15H16ClN3S/c1-8(11-7-9-2-3-10(11)6-9)17-14-12(16)4-5-13-15(14)19-20-18-13/h2-5,8-11,17H,6-7H2,1H3. The molecular weight excluding hydrogens is 290 g/mol. The summed E-state index contributed by atoms with van der Waals surface area (Å²) in [7, 11) is 0. The Kier molecular flexibility index (Phi) is 2.97. The molecule has 104 valence electrons. The van der Waals surface area contributed by atoms with E-state index >= 15 is 0 Å². The lowest BCUT2D eigenvalue weighted by atomic mass is 9.87. The fourth-order valence-electron chi connectivity index (χ4n) is 3.70. The number of nitrogens with one attached hydrogen (secondary N) is 1. The smallest absolute Gasteiger partial charge is 0.129 e. The lowest BCUT2D eigenvalue weighted by molar-refractivity contribution is 0.400. The fourth-order valence-corrected chi connectivity index (χ4v) is 4.45. The second-order valence-corrected chi connectivity index (χ2v) is 6.87.